The highest BCUT2D eigenvalue weighted by atomic mass is 35.5. The van der Waals surface area contributed by atoms with Crippen LogP contribution in [0.25, 0.3) is 10.9 Å². The molecule has 7 nitrogen and oxygen atoms in total. The molecule has 0 aliphatic heterocycles. The van der Waals surface area contributed by atoms with Crippen LogP contribution in [0.3, 0.4) is 0 Å². The Kier molecular flexibility index (Phi) is 7.71. The van der Waals surface area contributed by atoms with E-state index in [0.29, 0.717) is 46.5 Å². The fourth-order valence-corrected chi connectivity index (χ4v) is 4.06. The molecule has 4 rings (SSSR count). The van der Waals surface area contributed by atoms with Crippen LogP contribution in [0.5, 0.6) is 11.5 Å². The van der Waals surface area contributed by atoms with E-state index in [-0.39, 0.29) is 23.4 Å². The van der Waals surface area contributed by atoms with E-state index in [1.54, 1.807) is 71.3 Å². The summed E-state index contributed by atoms with van der Waals surface area (Å²) in [6.45, 7) is 4.51. The number of nitrogens with one attached hydrogen (secondary N) is 1. The van der Waals surface area contributed by atoms with E-state index >= 15 is 0 Å². The third kappa shape index (κ3) is 5.58. The molecule has 0 radical (unpaired) electrons. The van der Waals surface area contributed by atoms with E-state index in [4.69, 9.17) is 21.1 Å². The number of halogens is 1. The first-order valence-electron chi connectivity index (χ1n) is 11.5. The molecule has 1 heterocycles. The van der Waals surface area contributed by atoms with Crippen LogP contribution >= 0.6 is 11.6 Å². The molecule has 0 spiro atoms. The Labute approximate surface area is 213 Å². The van der Waals surface area contributed by atoms with Gasteiger partial charge in [0.2, 0.25) is 11.3 Å². The number of anilines is 1. The minimum Gasteiger partial charge on any atom is -0.494 e. The average Bonchev–Trinajstić information content (AvgIpc) is 2.86. The third-order valence-electron chi connectivity index (χ3n) is 5.46. The van der Waals surface area contributed by atoms with Crippen molar-refractivity contribution in [2.24, 2.45) is 0 Å². The van der Waals surface area contributed by atoms with Crippen LogP contribution in [0.2, 0.25) is 5.02 Å². The molecular weight excluding hydrogens is 480 g/mol. The van der Waals surface area contributed by atoms with Gasteiger partial charge in [-0.1, -0.05) is 17.7 Å². The second-order valence-corrected chi connectivity index (χ2v) is 8.39. The van der Waals surface area contributed by atoms with E-state index < -0.39 is 11.2 Å². The number of hydrogen-bond acceptors (Lipinski definition) is 5. The number of aromatic nitrogens is 1. The number of ketones is 1. The SMILES string of the molecule is CCOc1ccc(C(=O)c2cn(CC(=O)Nc3cccc(Cl)c3)c3ccc(OCC)cc3c2=O)cc1. The van der Waals surface area contributed by atoms with Crippen LogP contribution in [0, 0.1) is 0 Å². The van der Waals surface area contributed by atoms with Crippen molar-refractivity contribution in [3.8, 4) is 11.5 Å². The molecule has 36 heavy (non-hydrogen) atoms. The second-order valence-electron chi connectivity index (χ2n) is 7.96. The lowest BCUT2D eigenvalue weighted by Crippen LogP contribution is -2.24. The summed E-state index contributed by atoms with van der Waals surface area (Å²) in [7, 11) is 0. The molecule has 1 amide bonds. The molecule has 1 aromatic heterocycles. The van der Waals surface area contributed by atoms with Crippen LogP contribution in [0.15, 0.2) is 77.7 Å². The Morgan fingerprint density at radius 2 is 1.61 bits per heavy atom. The number of nitrogens with zero attached hydrogens (tertiary/aromatic N) is 1. The molecule has 0 aliphatic rings. The normalized spacial score (nSPS) is 10.8. The average molecular weight is 505 g/mol. The van der Waals surface area contributed by atoms with Crippen molar-refractivity contribution >= 4 is 39.9 Å². The van der Waals surface area contributed by atoms with Crippen LogP contribution in [-0.2, 0) is 11.3 Å². The first kappa shape index (κ1) is 25.0. The van der Waals surface area contributed by atoms with Crippen molar-refractivity contribution in [1.82, 2.24) is 4.57 Å². The number of benzene rings is 3. The lowest BCUT2D eigenvalue weighted by molar-refractivity contribution is -0.116. The zero-order chi connectivity index (χ0) is 25.7. The monoisotopic (exact) mass is 504 g/mol. The molecule has 0 aliphatic carbocycles. The highest BCUT2D eigenvalue weighted by molar-refractivity contribution is 6.30. The first-order chi connectivity index (χ1) is 17.4. The predicted octanol–water partition coefficient (Wildman–Crippen LogP) is 5.32. The first-order valence-corrected chi connectivity index (χ1v) is 11.9. The van der Waals surface area contributed by atoms with Gasteiger partial charge >= 0.3 is 0 Å². The zero-order valence-corrected chi connectivity index (χ0v) is 20.7. The molecule has 184 valence electrons. The quantitative estimate of drug-likeness (QED) is 0.312. The van der Waals surface area contributed by atoms with Crippen molar-refractivity contribution in [3.63, 3.8) is 0 Å². The molecule has 0 saturated heterocycles. The summed E-state index contributed by atoms with van der Waals surface area (Å²) >= 11 is 6.02. The molecule has 0 unspecified atom stereocenters. The Bertz CT molecular complexity index is 1480. The van der Waals surface area contributed by atoms with Gasteiger partial charge in [-0.15, -0.1) is 0 Å². The number of rotatable bonds is 9. The van der Waals surface area contributed by atoms with Crippen LogP contribution in [0.1, 0.15) is 29.8 Å². The summed E-state index contributed by atoms with van der Waals surface area (Å²) in [5.41, 5.74) is 0.911. The fourth-order valence-electron chi connectivity index (χ4n) is 3.87. The topological polar surface area (TPSA) is 86.6 Å². The summed E-state index contributed by atoms with van der Waals surface area (Å²) < 4.78 is 12.6. The molecule has 3 aromatic carbocycles. The van der Waals surface area contributed by atoms with Gasteiger partial charge < -0.3 is 19.4 Å². The molecule has 1 N–H and O–H groups in total. The maximum Gasteiger partial charge on any atom is 0.244 e. The van der Waals surface area contributed by atoms with E-state index in [0.717, 1.165) is 0 Å². The number of amides is 1. The van der Waals surface area contributed by atoms with Gasteiger partial charge in [-0.25, -0.2) is 0 Å². The molecule has 0 saturated carbocycles. The molecule has 0 atom stereocenters. The molecule has 0 fully saturated rings. The lowest BCUT2D eigenvalue weighted by Gasteiger charge is -2.15. The van der Waals surface area contributed by atoms with E-state index in [2.05, 4.69) is 5.32 Å². The Morgan fingerprint density at radius 1 is 0.917 bits per heavy atom. The standard InChI is InChI=1S/C28H25ClN2O5/c1-3-35-21-10-8-18(9-11-21)27(33)24-16-31(17-26(32)30-20-7-5-6-19(29)14-20)25-13-12-22(36-4-2)15-23(25)28(24)34/h5-16H,3-4,17H2,1-2H3,(H,30,32). The third-order valence-corrected chi connectivity index (χ3v) is 5.69. The fraction of sp³-hybridized carbons (Fsp3) is 0.179. The van der Waals surface area contributed by atoms with Crippen molar-refractivity contribution in [2.75, 3.05) is 18.5 Å². The van der Waals surface area contributed by atoms with Gasteiger partial charge in [-0.05, 0) is 74.5 Å². The van der Waals surface area contributed by atoms with E-state index in [1.807, 2.05) is 13.8 Å². The van der Waals surface area contributed by atoms with Gasteiger partial charge in [0, 0.05) is 22.5 Å². The highest BCUT2D eigenvalue weighted by Gasteiger charge is 2.19. The van der Waals surface area contributed by atoms with Gasteiger partial charge in [0.15, 0.2) is 5.78 Å². The van der Waals surface area contributed by atoms with Crippen LogP contribution < -0.4 is 20.2 Å². The van der Waals surface area contributed by atoms with Gasteiger partial charge in [0.25, 0.3) is 0 Å². The number of carbonyl (C=O) groups is 2. The van der Waals surface area contributed by atoms with E-state index in [1.165, 1.54) is 6.20 Å². The van der Waals surface area contributed by atoms with Crippen molar-refractivity contribution in [2.45, 2.75) is 20.4 Å². The summed E-state index contributed by atoms with van der Waals surface area (Å²) in [4.78, 5) is 39.6. The van der Waals surface area contributed by atoms with Crippen LogP contribution in [0.4, 0.5) is 5.69 Å². The summed E-state index contributed by atoms with van der Waals surface area (Å²) in [6, 6.07) is 18.4. The summed E-state index contributed by atoms with van der Waals surface area (Å²) in [5, 5.41) is 3.57. The minimum atomic E-state index is -0.448. The maximum atomic E-state index is 13.4. The highest BCUT2D eigenvalue weighted by Crippen LogP contribution is 2.22. The van der Waals surface area contributed by atoms with Crippen molar-refractivity contribution in [1.29, 1.82) is 0 Å². The van der Waals surface area contributed by atoms with Crippen molar-refractivity contribution in [3.05, 3.63) is 99.3 Å². The van der Waals surface area contributed by atoms with Gasteiger partial charge in [-0.3, -0.25) is 14.4 Å². The Balaban J connectivity index is 1.75. The van der Waals surface area contributed by atoms with Gasteiger partial charge in [-0.2, -0.15) is 0 Å². The molecule has 8 heteroatoms. The van der Waals surface area contributed by atoms with Gasteiger partial charge in [0.1, 0.15) is 18.0 Å². The molecular formula is C28H25ClN2O5. The van der Waals surface area contributed by atoms with Gasteiger partial charge in [0.05, 0.1) is 29.7 Å². The van der Waals surface area contributed by atoms with E-state index in [9.17, 15) is 14.4 Å². The van der Waals surface area contributed by atoms with Crippen molar-refractivity contribution < 1.29 is 19.1 Å². The number of fused-ring (bicyclic) bond motifs is 1. The number of hydrogen-bond donors (Lipinski definition) is 1. The maximum absolute atomic E-state index is 13.4. The Morgan fingerprint density at radius 3 is 2.31 bits per heavy atom. The minimum absolute atomic E-state index is 0.0455. The zero-order valence-electron chi connectivity index (χ0n) is 19.9. The number of carbonyl (C=O) groups excluding carboxylic acids is 2. The van der Waals surface area contributed by atoms with Crippen LogP contribution in [-0.4, -0.2) is 29.5 Å². The predicted molar refractivity (Wildman–Crippen MR) is 141 cm³/mol. The smallest absolute Gasteiger partial charge is 0.244 e. The molecule has 4 aromatic rings. The summed E-state index contributed by atoms with van der Waals surface area (Å²) in [6.07, 6.45) is 1.43. The molecule has 0 bridgehead atoms. The second kappa shape index (κ2) is 11.1. The number of ether oxygens (including phenoxy) is 2. The Hall–Kier alpha value is -4.10. The summed E-state index contributed by atoms with van der Waals surface area (Å²) in [5.74, 6) is 0.345. The number of pyridine rings is 1. The lowest BCUT2D eigenvalue weighted by atomic mass is 10.0. The largest absolute Gasteiger partial charge is 0.494 e.